The Balaban J connectivity index is 1.64. The maximum absolute atomic E-state index is 12.3. The second-order valence-electron chi connectivity index (χ2n) is 5.46. The molecule has 0 spiro atoms. The van der Waals surface area contributed by atoms with Crippen molar-refractivity contribution in [2.24, 2.45) is 0 Å². The fourth-order valence-electron chi connectivity index (χ4n) is 2.79. The quantitative estimate of drug-likeness (QED) is 0.879. The zero-order valence-electron chi connectivity index (χ0n) is 12.0. The normalized spacial score (nSPS) is 15.7. The summed E-state index contributed by atoms with van der Waals surface area (Å²) in [6.07, 6.45) is 1.75. The Labute approximate surface area is 127 Å². The van der Waals surface area contributed by atoms with Gasteiger partial charge in [-0.1, -0.05) is 12.1 Å². The number of phenols is 1. The number of H-pyrrole nitrogens is 1. The van der Waals surface area contributed by atoms with Crippen LogP contribution in [-0.2, 0) is 0 Å². The third-order valence-corrected chi connectivity index (χ3v) is 4.04. The van der Waals surface area contributed by atoms with Gasteiger partial charge in [0, 0.05) is 19.2 Å². The Morgan fingerprint density at radius 2 is 1.82 bits per heavy atom. The first-order valence-corrected chi connectivity index (χ1v) is 7.27. The average Bonchev–Trinajstić information content (AvgIpc) is 2.56. The van der Waals surface area contributed by atoms with Crippen LogP contribution in [0.4, 0.5) is 0 Å². The van der Waals surface area contributed by atoms with Crippen molar-refractivity contribution in [3.8, 4) is 5.75 Å². The molecule has 6 nitrogen and oxygen atoms in total. The van der Waals surface area contributed by atoms with E-state index in [2.05, 4.69) is 10.2 Å². The Hall–Kier alpha value is -2.63. The number of nitrogens with zero attached hydrogens (tertiary/aromatic N) is 2. The van der Waals surface area contributed by atoms with Gasteiger partial charge in [-0.3, -0.25) is 9.59 Å². The molecule has 0 atom stereocenters. The molecule has 0 saturated carbocycles. The third kappa shape index (κ3) is 3.00. The van der Waals surface area contributed by atoms with E-state index >= 15 is 0 Å². The number of aromatic nitrogens is 2. The molecule has 0 aliphatic carbocycles. The number of hydrogen-bond acceptors (Lipinski definition) is 4. The van der Waals surface area contributed by atoms with Crippen molar-refractivity contribution in [3.05, 3.63) is 58.0 Å². The number of nitrogens with one attached hydrogen (secondary N) is 1. The summed E-state index contributed by atoms with van der Waals surface area (Å²) in [5, 5.41) is 15.4. The minimum atomic E-state index is -0.317. The number of rotatable bonds is 2. The number of hydrogen-bond donors (Lipinski definition) is 2. The minimum absolute atomic E-state index is 0.152. The molecule has 3 rings (SSSR count). The maximum atomic E-state index is 12.3. The van der Waals surface area contributed by atoms with Crippen LogP contribution in [0.15, 0.2) is 41.2 Å². The number of piperidine rings is 1. The SMILES string of the molecule is O=C(c1ccc(=O)[nH]n1)N1CCC(c2ccc(O)cc2)CC1. The van der Waals surface area contributed by atoms with Gasteiger partial charge in [0.25, 0.3) is 11.5 Å². The van der Waals surface area contributed by atoms with E-state index in [4.69, 9.17) is 0 Å². The van der Waals surface area contributed by atoms with E-state index < -0.39 is 0 Å². The summed E-state index contributed by atoms with van der Waals surface area (Å²) in [6, 6.07) is 10.0. The monoisotopic (exact) mass is 299 g/mol. The lowest BCUT2D eigenvalue weighted by atomic mass is 9.89. The number of carbonyl (C=O) groups is 1. The molecule has 1 aliphatic heterocycles. The number of phenolic OH excluding ortho intramolecular Hbond substituents is 1. The lowest BCUT2D eigenvalue weighted by Gasteiger charge is -2.32. The van der Waals surface area contributed by atoms with Crippen LogP contribution >= 0.6 is 0 Å². The maximum Gasteiger partial charge on any atom is 0.274 e. The van der Waals surface area contributed by atoms with E-state index in [1.165, 1.54) is 17.7 Å². The van der Waals surface area contributed by atoms with Crippen molar-refractivity contribution in [1.82, 2.24) is 15.1 Å². The van der Waals surface area contributed by atoms with Crippen LogP contribution in [0.25, 0.3) is 0 Å². The summed E-state index contributed by atoms with van der Waals surface area (Å²) in [5.41, 5.74) is 1.14. The average molecular weight is 299 g/mol. The standard InChI is InChI=1S/C16H17N3O3/c20-13-3-1-11(2-4-13)12-7-9-19(10-8-12)16(22)14-5-6-15(21)18-17-14/h1-6,12,20H,7-10H2,(H,18,21). The Morgan fingerprint density at radius 1 is 1.14 bits per heavy atom. The Kier molecular flexibility index (Phi) is 3.91. The number of aromatic hydroxyl groups is 1. The molecule has 22 heavy (non-hydrogen) atoms. The lowest BCUT2D eigenvalue weighted by molar-refractivity contribution is 0.0705. The molecule has 1 saturated heterocycles. The largest absolute Gasteiger partial charge is 0.508 e. The molecule has 6 heteroatoms. The fraction of sp³-hybridized carbons (Fsp3) is 0.312. The first-order chi connectivity index (χ1) is 10.6. The first-order valence-electron chi connectivity index (χ1n) is 7.27. The van der Waals surface area contributed by atoms with Gasteiger partial charge in [0.05, 0.1) is 0 Å². The van der Waals surface area contributed by atoms with Crippen LogP contribution in [0.5, 0.6) is 5.75 Å². The summed E-state index contributed by atoms with van der Waals surface area (Å²) < 4.78 is 0. The third-order valence-electron chi connectivity index (χ3n) is 4.04. The summed E-state index contributed by atoms with van der Waals surface area (Å²) in [7, 11) is 0. The summed E-state index contributed by atoms with van der Waals surface area (Å²) in [5.74, 6) is 0.508. The topological polar surface area (TPSA) is 86.3 Å². The van der Waals surface area contributed by atoms with Crippen LogP contribution in [0, 0.1) is 0 Å². The molecule has 114 valence electrons. The van der Waals surface area contributed by atoms with Crippen molar-refractivity contribution in [2.45, 2.75) is 18.8 Å². The van der Waals surface area contributed by atoms with Crippen molar-refractivity contribution >= 4 is 5.91 Å². The predicted octanol–water partition coefficient (Wildman–Crippen LogP) is 1.50. The van der Waals surface area contributed by atoms with Crippen molar-refractivity contribution in [3.63, 3.8) is 0 Å². The molecule has 2 heterocycles. The highest BCUT2D eigenvalue weighted by Gasteiger charge is 2.25. The summed E-state index contributed by atoms with van der Waals surface area (Å²) >= 11 is 0. The predicted molar refractivity (Wildman–Crippen MR) is 80.8 cm³/mol. The molecule has 2 N–H and O–H groups in total. The van der Waals surface area contributed by atoms with E-state index in [1.807, 2.05) is 12.1 Å². The van der Waals surface area contributed by atoms with Crippen molar-refractivity contribution < 1.29 is 9.90 Å². The second-order valence-corrected chi connectivity index (χ2v) is 5.46. The molecule has 1 amide bonds. The smallest absolute Gasteiger partial charge is 0.274 e. The molecular weight excluding hydrogens is 282 g/mol. The number of amides is 1. The number of likely N-dealkylation sites (tertiary alicyclic amines) is 1. The van der Waals surface area contributed by atoms with Crippen LogP contribution in [0.2, 0.25) is 0 Å². The van der Waals surface area contributed by atoms with Gasteiger partial charge in [0.15, 0.2) is 0 Å². The van der Waals surface area contributed by atoms with Gasteiger partial charge in [-0.25, -0.2) is 5.10 Å². The highest BCUT2D eigenvalue weighted by molar-refractivity contribution is 5.92. The van der Waals surface area contributed by atoms with Gasteiger partial charge in [0.1, 0.15) is 11.4 Å². The van der Waals surface area contributed by atoms with Crippen LogP contribution in [0.1, 0.15) is 34.8 Å². The highest BCUT2D eigenvalue weighted by atomic mass is 16.3. The van der Waals surface area contributed by atoms with E-state index in [0.29, 0.717) is 19.0 Å². The molecule has 1 aromatic carbocycles. The molecule has 1 fully saturated rings. The van der Waals surface area contributed by atoms with E-state index in [0.717, 1.165) is 12.8 Å². The lowest BCUT2D eigenvalue weighted by Crippen LogP contribution is -2.38. The minimum Gasteiger partial charge on any atom is -0.508 e. The van der Waals surface area contributed by atoms with E-state index in [1.54, 1.807) is 17.0 Å². The van der Waals surface area contributed by atoms with Crippen LogP contribution < -0.4 is 5.56 Å². The zero-order valence-corrected chi connectivity index (χ0v) is 12.0. The summed E-state index contributed by atoms with van der Waals surface area (Å²) in [4.78, 5) is 25.1. The Morgan fingerprint density at radius 3 is 2.41 bits per heavy atom. The highest BCUT2D eigenvalue weighted by Crippen LogP contribution is 2.29. The van der Waals surface area contributed by atoms with Crippen molar-refractivity contribution in [2.75, 3.05) is 13.1 Å². The number of benzene rings is 1. The molecule has 2 aromatic rings. The van der Waals surface area contributed by atoms with Gasteiger partial charge >= 0.3 is 0 Å². The number of aromatic amines is 1. The van der Waals surface area contributed by atoms with Gasteiger partial charge in [-0.2, -0.15) is 5.10 Å². The fourth-order valence-corrected chi connectivity index (χ4v) is 2.79. The zero-order chi connectivity index (χ0) is 15.5. The molecule has 0 unspecified atom stereocenters. The van der Waals surface area contributed by atoms with Crippen molar-refractivity contribution in [1.29, 1.82) is 0 Å². The van der Waals surface area contributed by atoms with Gasteiger partial charge in [-0.05, 0) is 42.5 Å². The Bertz CT molecular complexity index is 696. The number of carbonyl (C=O) groups excluding carboxylic acids is 1. The molecule has 1 aromatic heterocycles. The van der Waals surface area contributed by atoms with Crippen LogP contribution in [0.3, 0.4) is 0 Å². The molecule has 1 aliphatic rings. The van der Waals surface area contributed by atoms with E-state index in [9.17, 15) is 14.7 Å². The summed E-state index contributed by atoms with van der Waals surface area (Å²) in [6.45, 7) is 1.32. The molecular formula is C16H17N3O3. The van der Waals surface area contributed by atoms with Gasteiger partial charge in [-0.15, -0.1) is 0 Å². The van der Waals surface area contributed by atoms with Crippen LogP contribution in [-0.4, -0.2) is 39.2 Å². The first kappa shape index (κ1) is 14.3. The second kappa shape index (κ2) is 6.01. The van der Waals surface area contributed by atoms with Gasteiger partial charge in [0.2, 0.25) is 0 Å². The molecule has 0 radical (unpaired) electrons. The van der Waals surface area contributed by atoms with E-state index in [-0.39, 0.29) is 22.9 Å². The molecule has 0 bridgehead atoms. The van der Waals surface area contributed by atoms with Gasteiger partial charge < -0.3 is 10.0 Å².